The van der Waals surface area contributed by atoms with Crippen molar-refractivity contribution in [2.75, 3.05) is 26.0 Å². The molecule has 2 amide bonds. The Bertz CT molecular complexity index is 908. The van der Waals surface area contributed by atoms with Crippen molar-refractivity contribution in [3.8, 4) is 5.75 Å². The summed E-state index contributed by atoms with van der Waals surface area (Å²) >= 11 is 0. The molecule has 0 aliphatic rings. The first-order valence-electron chi connectivity index (χ1n) is 7.55. The van der Waals surface area contributed by atoms with Gasteiger partial charge in [-0.15, -0.1) is 0 Å². The van der Waals surface area contributed by atoms with E-state index >= 15 is 0 Å². The number of nitrogens with two attached hydrogens (primary N) is 1. The first-order chi connectivity index (χ1) is 12.2. The summed E-state index contributed by atoms with van der Waals surface area (Å²) in [5, 5.41) is 2.57. The summed E-state index contributed by atoms with van der Waals surface area (Å²) in [6, 6.07) is 12.0. The van der Waals surface area contributed by atoms with Gasteiger partial charge in [-0.1, -0.05) is 6.07 Å². The molecule has 2 aromatic carbocycles. The highest BCUT2D eigenvalue weighted by molar-refractivity contribution is 7.89. The molecule has 3 N–H and O–H groups in total. The fraction of sp³-hybridized carbons (Fsp3) is 0.176. The smallest absolute Gasteiger partial charge is 0.262 e. The van der Waals surface area contributed by atoms with E-state index in [2.05, 4.69) is 5.32 Å². The molecule has 26 heavy (non-hydrogen) atoms. The average Bonchev–Trinajstić information content (AvgIpc) is 2.60. The highest BCUT2D eigenvalue weighted by Gasteiger charge is 2.17. The topological polar surface area (TPSA) is 119 Å². The minimum Gasteiger partial charge on any atom is -0.484 e. The summed E-state index contributed by atoms with van der Waals surface area (Å²) in [5.74, 6) is -0.612. The van der Waals surface area contributed by atoms with Crippen LogP contribution in [0.15, 0.2) is 53.4 Å². The van der Waals surface area contributed by atoms with E-state index in [-0.39, 0.29) is 11.5 Å². The van der Waals surface area contributed by atoms with Crippen LogP contribution in [0.5, 0.6) is 5.75 Å². The molecule has 0 spiro atoms. The lowest BCUT2D eigenvalue weighted by Crippen LogP contribution is -2.23. The van der Waals surface area contributed by atoms with Crippen molar-refractivity contribution in [3.63, 3.8) is 0 Å². The van der Waals surface area contributed by atoms with E-state index in [1.54, 1.807) is 6.07 Å². The van der Waals surface area contributed by atoms with Gasteiger partial charge in [0, 0.05) is 25.3 Å². The molecular weight excluding hydrogens is 358 g/mol. The molecule has 0 fully saturated rings. The number of amides is 2. The number of nitrogens with zero attached hydrogens (tertiary/aromatic N) is 1. The fourth-order valence-corrected chi connectivity index (χ4v) is 2.95. The van der Waals surface area contributed by atoms with Gasteiger partial charge in [0.2, 0.25) is 15.9 Å². The predicted octanol–water partition coefficient (Wildman–Crippen LogP) is 1.05. The van der Waals surface area contributed by atoms with E-state index in [0.29, 0.717) is 17.0 Å². The third kappa shape index (κ3) is 4.80. The van der Waals surface area contributed by atoms with Crippen molar-refractivity contribution in [1.29, 1.82) is 0 Å². The average molecular weight is 377 g/mol. The molecule has 2 aromatic rings. The fourth-order valence-electron chi connectivity index (χ4n) is 2.01. The molecule has 0 radical (unpaired) electrons. The van der Waals surface area contributed by atoms with Crippen LogP contribution in [0.2, 0.25) is 0 Å². The highest BCUT2D eigenvalue weighted by atomic mass is 32.2. The third-order valence-electron chi connectivity index (χ3n) is 3.41. The summed E-state index contributed by atoms with van der Waals surface area (Å²) < 4.78 is 30.6. The van der Waals surface area contributed by atoms with Crippen molar-refractivity contribution in [1.82, 2.24) is 4.31 Å². The van der Waals surface area contributed by atoms with Gasteiger partial charge >= 0.3 is 0 Å². The maximum atomic E-state index is 12.1. The SMILES string of the molecule is CN(C)S(=O)(=O)c1cccc(NC(=O)COc2ccc(C(N)=O)cc2)c1. The van der Waals surface area contributed by atoms with Crippen LogP contribution in [0, 0.1) is 0 Å². The standard InChI is InChI=1S/C17H19N3O5S/c1-20(2)26(23,24)15-5-3-4-13(10-15)19-16(21)11-25-14-8-6-12(7-9-14)17(18)22/h3-10H,11H2,1-2H3,(H2,18,22)(H,19,21). The predicted molar refractivity (Wildman–Crippen MR) is 96.4 cm³/mol. The number of carbonyl (C=O) groups is 2. The van der Waals surface area contributed by atoms with Crippen LogP contribution in [0.3, 0.4) is 0 Å². The second-order valence-corrected chi connectivity index (χ2v) is 7.69. The van der Waals surface area contributed by atoms with Crippen LogP contribution in [0.4, 0.5) is 5.69 Å². The molecule has 0 unspecified atom stereocenters. The van der Waals surface area contributed by atoms with Gasteiger partial charge in [-0.05, 0) is 42.5 Å². The number of carbonyl (C=O) groups excluding carboxylic acids is 2. The van der Waals surface area contributed by atoms with Crippen LogP contribution in [0.25, 0.3) is 0 Å². The molecule has 9 heteroatoms. The Morgan fingerprint density at radius 1 is 1.12 bits per heavy atom. The Morgan fingerprint density at radius 3 is 2.35 bits per heavy atom. The Balaban J connectivity index is 1.99. The Labute approximate surface area is 151 Å². The molecule has 0 atom stereocenters. The summed E-state index contributed by atoms with van der Waals surface area (Å²) in [6.45, 7) is -0.277. The van der Waals surface area contributed by atoms with Gasteiger partial charge < -0.3 is 15.8 Å². The van der Waals surface area contributed by atoms with E-state index in [9.17, 15) is 18.0 Å². The third-order valence-corrected chi connectivity index (χ3v) is 5.22. The van der Waals surface area contributed by atoms with Gasteiger partial charge in [0.25, 0.3) is 5.91 Å². The van der Waals surface area contributed by atoms with E-state index in [0.717, 1.165) is 4.31 Å². The summed E-state index contributed by atoms with van der Waals surface area (Å²) in [4.78, 5) is 23.1. The normalized spacial score (nSPS) is 11.2. The Hall–Kier alpha value is -2.91. The number of anilines is 1. The van der Waals surface area contributed by atoms with E-state index in [1.807, 2.05) is 0 Å². The number of rotatable bonds is 7. The van der Waals surface area contributed by atoms with Crippen molar-refractivity contribution < 1.29 is 22.7 Å². The van der Waals surface area contributed by atoms with Crippen molar-refractivity contribution in [3.05, 3.63) is 54.1 Å². The lowest BCUT2D eigenvalue weighted by Gasteiger charge is -2.13. The number of primary amides is 1. The first-order valence-corrected chi connectivity index (χ1v) is 8.99. The van der Waals surface area contributed by atoms with Gasteiger partial charge in [0.1, 0.15) is 5.75 Å². The Kier molecular flexibility index (Phi) is 5.96. The van der Waals surface area contributed by atoms with Gasteiger partial charge in [0.05, 0.1) is 4.90 Å². The minimum absolute atomic E-state index is 0.0725. The van der Waals surface area contributed by atoms with E-state index in [4.69, 9.17) is 10.5 Å². The molecule has 0 aliphatic heterocycles. The molecule has 0 bridgehead atoms. The monoisotopic (exact) mass is 377 g/mol. The van der Waals surface area contributed by atoms with Crippen LogP contribution in [0.1, 0.15) is 10.4 Å². The maximum absolute atomic E-state index is 12.1. The number of ether oxygens (including phenoxy) is 1. The molecule has 0 aliphatic carbocycles. The zero-order chi connectivity index (χ0) is 19.3. The molecule has 0 aromatic heterocycles. The lowest BCUT2D eigenvalue weighted by atomic mass is 10.2. The van der Waals surface area contributed by atoms with Gasteiger partial charge in [0.15, 0.2) is 6.61 Å². The van der Waals surface area contributed by atoms with Crippen LogP contribution in [-0.2, 0) is 14.8 Å². The molecule has 0 saturated carbocycles. The van der Waals surface area contributed by atoms with Gasteiger partial charge in [-0.25, -0.2) is 12.7 Å². The first kappa shape index (κ1) is 19.4. The Morgan fingerprint density at radius 2 is 1.77 bits per heavy atom. The summed E-state index contributed by atoms with van der Waals surface area (Å²) in [7, 11) is -0.732. The quantitative estimate of drug-likeness (QED) is 0.748. The molecular formula is C17H19N3O5S. The number of sulfonamides is 1. The molecule has 8 nitrogen and oxygen atoms in total. The molecule has 2 rings (SSSR count). The van der Waals surface area contributed by atoms with E-state index in [1.165, 1.54) is 56.6 Å². The van der Waals surface area contributed by atoms with E-state index < -0.39 is 21.8 Å². The molecule has 138 valence electrons. The van der Waals surface area contributed by atoms with Crippen LogP contribution < -0.4 is 15.8 Å². The molecule has 0 saturated heterocycles. The highest BCUT2D eigenvalue weighted by Crippen LogP contribution is 2.18. The van der Waals surface area contributed by atoms with Gasteiger partial charge in [-0.3, -0.25) is 9.59 Å². The lowest BCUT2D eigenvalue weighted by molar-refractivity contribution is -0.118. The number of benzene rings is 2. The minimum atomic E-state index is -3.59. The maximum Gasteiger partial charge on any atom is 0.262 e. The summed E-state index contributed by atoms with van der Waals surface area (Å²) in [5.41, 5.74) is 5.82. The summed E-state index contributed by atoms with van der Waals surface area (Å²) in [6.07, 6.45) is 0. The second kappa shape index (κ2) is 7.98. The zero-order valence-electron chi connectivity index (χ0n) is 14.3. The number of nitrogens with one attached hydrogen (secondary N) is 1. The van der Waals surface area contributed by atoms with Crippen molar-refractivity contribution >= 4 is 27.5 Å². The van der Waals surface area contributed by atoms with Crippen molar-refractivity contribution in [2.45, 2.75) is 4.90 Å². The van der Waals surface area contributed by atoms with Crippen molar-refractivity contribution in [2.24, 2.45) is 5.73 Å². The molecule has 0 heterocycles. The zero-order valence-corrected chi connectivity index (χ0v) is 15.1. The van der Waals surface area contributed by atoms with Crippen LogP contribution >= 0.6 is 0 Å². The second-order valence-electron chi connectivity index (χ2n) is 5.54. The number of hydrogen-bond donors (Lipinski definition) is 2. The van der Waals surface area contributed by atoms with Crippen LogP contribution in [-0.4, -0.2) is 45.2 Å². The van der Waals surface area contributed by atoms with Gasteiger partial charge in [-0.2, -0.15) is 0 Å². The number of hydrogen-bond acceptors (Lipinski definition) is 5. The largest absolute Gasteiger partial charge is 0.484 e.